The molecule has 2 heterocycles. The molecule has 0 aliphatic carbocycles. The van der Waals surface area contributed by atoms with Gasteiger partial charge >= 0.3 is 0 Å². The van der Waals surface area contributed by atoms with E-state index in [-0.39, 0.29) is 0 Å². The molecule has 72 valence electrons. The lowest BCUT2D eigenvalue weighted by Crippen LogP contribution is -2.00. The maximum absolute atomic E-state index is 4.97. The maximum Gasteiger partial charge on any atom is 0.164 e. The van der Waals surface area contributed by atoms with E-state index in [0.717, 1.165) is 17.9 Å². The van der Waals surface area contributed by atoms with Gasteiger partial charge in [-0.15, -0.1) is 0 Å². The van der Waals surface area contributed by atoms with Crippen molar-refractivity contribution in [3.63, 3.8) is 0 Å². The van der Waals surface area contributed by atoms with Crippen LogP contribution in [0.3, 0.4) is 0 Å². The lowest BCUT2D eigenvalue weighted by molar-refractivity contribution is 0.568. The second-order valence-corrected chi connectivity index (χ2v) is 2.81. The predicted molar refractivity (Wildman–Crippen MR) is 53.9 cm³/mol. The Morgan fingerprint density at radius 3 is 3.07 bits per heavy atom. The molecule has 2 rings (SSSR count). The summed E-state index contributed by atoms with van der Waals surface area (Å²) in [6, 6.07) is 3.68. The fourth-order valence-electron chi connectivity index (χ4n) is 1.17. The van der Waals surface area contributed by atoms with Crippen molar-refractivity contribution in [1.82, 2.24) is 9.97 Å². The first-order chi connectivity index (χ1) is 6.90. The van der Waals surface area contributed by atoms with Crippen molar-refractivity contribution in [2.75, 3.05) is 11.9 Å². The molecule has 0 spiro atoms. The molecule has 0 unspecified atom stereocenters. The van der Waals surface area contributed by atoms with Gasteiger partial charge in [0, 0.05) is 12.7 Å². The Hall–Kier alpha value is -1.84. The van der Waals surface area contributed by atoms with Gasteiger partial charge in [-0.2, -0.15) is 0 Å². The minimum Gasteiger partial charge on any atom is -0.472 e. The number of furan rings is 1. The third-order valence-corrected chi connectivity index (χ3v) is 1.79. The maximum atomic E-state index is 4.97. The van der Waals surface area contributed by atoms with E-state index in [1.807, 2.05) is 19.1 Å². The molecule has 4 heteroatoms. The minimum absolute atomic E-state index is 0.678. The molecular weight excluding hydrogens is 178 g/mol. The molecule has 0 fully saturated rings. The zero-order valence-electron chi connectivity index (χ0n) is 7.90. The molecule has 0 bridgehead atoms. The molecule has 0 saturated carbocycles. The second kappa shape index (κ2) is 3.91. The van der Waals surface area contributed by atoms with Gasteiger partial charge in [0.05, 0.1) is 11.8 Å². The van der Waals surface area contributed by atoms with Gasteiger partial charge in [-0.1, -0.05) is 0 Å². The average Bonchev–Trinajstić information content (AvgIpc) is 2.71. The van der Waals surface area contributed by atoms with Crippen LogP contribution in [0.4, 0.5) is 5.82 Å². The van der Waals surface area contributed by atoms with Gasteiger partial charge in [-0.05, 0) is 19.1 Å². The second-order valence-electron chi connectivity index (χ2n) is 2.81. The predicted octanol–water partition coefficient (Wildman–Crippen LogP) is 2.17. The summed E-state index contributed by atoms with van der Waals surface area (Å²) >= 11 is 0. The molecule has 2 aromatic rings. The van der Waals surface area contributed by atoms with Crippen molar-refractivity contribution in [3.05, 3.63) is 30.9 Å². The summed E-state index contributed by atoms with van der Waals surface area (Å²) in [7, 11) is 0. The molecule has 1 N–H and O–H groups in total. The number of anilines is 1. The van der Waals surface area contributed by atoms with E-state index in [1.165, 1.54) is 0 Å². The summed E-state index contributed by atoms with van der Waals surface area (Å²) in [5.41, 5.74) is 0.893. The van der Waals surface area contributed by atoms with Gasteiger partial charge in [-0.25, -0.2) is 9.97 Å². The van der Waals surface area contributed by atoms with Crippen LogP contribution >= 0.6 is 0 Å². The van der Waals surface area contributed by atoms with Crippen LogP contribution in [0, 0.1) is 0 Å². The Labute approximate surface area is 82.0 Å². The van der Waals surface area contributed by atoms with E-state index in [9.17, 15) is 0 Å². The Morgan fingerprint density at radius 2 is 2.36 bits per heavy atom. The molecule has 0 saturated heterocycles. The van der Waals surface area contributed by atoms with Crippen molar-refractivity contribution in [3.8, 4) is 11.4 Å². The number of nitrogens with zero attached hydrogens (tertiary/aromatic N) is 2. The summed E-state index contributed by atoms with van der Waals surface area (Å²) in [6.07, 6.45) is 4.97. The van der Waals surface area contributed by atoms with Crippen molar-refractivity contribution in [2.24, 2.45) is 0 Å². The van der Waals surface area contributed by atoms with Gasteiger partial charge in [-0.3, -0.25) is 0 Å². The Bertz CT molecular complexity index is 398. The van der Waals surface area contributed by atoms with E-state index in [2.05, 4.69) is 15.3 Å². The molecule has 0 aliphatic rings. The van der Waals surface area contributed by atoms with Crippen LogP contribution in [-0.2, 0) is 0 Å². The third-order valence-electron chi connectivity index (χ3n) is 1.79. The number of aromatic nitrogens is 2. The van der Waals surface area contributed by atoms with Crippen LogP contribution < -0.4 is 5.32 Å². The van der Waals surface area contributed by atoms with Crippen LogP contribution in [0.5, 0.6) is 0 Å². The van der Waals surface area contributed by atoms with E-state index in [1.54, 1.807) is 18.7 Å². The highest BCUT2D eigenvalue weighted by Gasteiger charge is 2.02. The fourth-order valence-corrected chi connectivity index (χ4v) is 1.17. The van der Waals surface area contributed by atoms with Crippen LogP contribution in [0.2, 0.25) is 0 Å². The molecule has 14 heavy (non-hydrogen) atoms. The molecule has 0 amide bonds. The summed E-state index contributed by atoms with van der Waals surface area (Å²) in [5.74, 6) is 1.51. The van der Waals surface area contributed by atoms with E-state index >= 15 is 0 Å². The monoisotopic (exact) mass is 189 g/mol. The zero-order valence-corrected chi connectivity index (χ0v) is 7.90. The first kappa shape index (κ1) is 8.74. The quantitative estimate of drug-likeness (QED) is 0.803. The molecule has 0 aliphatic heterocycles. The molecule has 0 radical (unpaired) electrons. The number of rotatable bonds is 3. The fraction of sp³-hybridized carbons (Fsp3) is 0.200. The van der Waals surface area contributed by atoms with Crippen molar-refractivity contribution >= 4 is 5.82 Å². The summed E-state index contributed by atoms with van der Waals surface area (Å²) in [4.78, 5) is 8.48. The smallest absolute Gasteiger partial charge is 0.164 e. The largest absolute Gasteiger partial charge is 0.472 e. The standard InChI is InChI=1S/C10H11N3O/c1-2-11-9-3-5-12-10(13-9)8-4-6-14-7-8/h3-7H,2H2,1H3,(H,11,12,13). The summed E-state index contributed by atoms with van der Waals surface area (Å²) in [5, 5.41) is 3.13. The third kappa shape index (κ3) is 1.74. The van der Waals surface area contributed by atoms with Crippen LogP contribution in [0.15, 0.2) is 35.3 Å². The van der Waals surface area contributed by atoms with Crippen LogP contribution in [0.1, 0.15) is 6.92 Å². The lowest BCUT2D eigenvalue weighted by atomic mass is 10.3. The van der Waals surface area contributed by atoms with Crippen molar-refractivity contribution in [1.29, 1.82) is 0 Å². The van der Waals surface area contributed by atoms with Gasteiger partial charge in [0.1, 0.15) is 12.1 Å². The normalized spacial score (nSPS) is 10.1. The highest BCUT2D eigenvalue weighted by molar-refractivity contribution is 5.54. The van der Waals surface area contributed by atoms with E-state index in [0.29, 0.717) is 5.82 Å². The molecule has 2 aromatic heterocycles. The molecule has 4 nitrogen and oxygen atoms in total. The van der Waals surface area contributed by atoms with Crippen molar-refractivity contribution < 1.29 is 4.42 Å². The number of hydrogen-bond donors (Lipinski definition) is 1. The lowest BCUT2D eigenvalue weighted by Gasteiger charge is -2.02. The topological polar surface area (TPSA) is 51.0 Å². The molecular formula is C10H11N3O. The SMILES string of the molecule is CCNc1ccnc(-c2ccoc2)n1. The van der Waals surface area contributed by atoms with Gasteiger partial charge in [0.25, 0.3) is 0 Å². The first-order valence-corrected chi connectivity index (χ1v) is 4.49. The van der Waals surface area contributed by atoms with Crippen LogP contribution in [0.25, 0.3) is 11.4 Å². The van der Waals surface area contributed by atoms with Crippen LogP contribution in [-0.4, -0.2) is 16.5 Å². The van der Waals surface area contributed by atoms with E-state index in [4.69, 9.17) is 4.42 Å². The molecule has 0 aromatic carbocycles. The van der Waals surface area contributed by atoms with Gasteiger partial charge in [0.2, 0.25) is 0 Å². The van der Waals surface area contributed by atoms with Crippen molar-refractivity contribution in [2.45, 2.75) is 6.92 Å². The minimum atomic E-state index is 0.678. The van der Waals surface area contributed by atoms with E-state index < -0.39 is 0 Å². The Balaban J connectivity index is 2.31. The van der Waals surface area contributed by atoms with Gasteiger partial charge < -0.3 is 9.73 Å². The first-order valence-electron chi connectivity index (χ1n) is 4.49. The highest BCUT2D eigenvalue weighted by Crippen LogP contribution is 2.15. The molecule has 0 atom stereocenters. The Morgan fingerprint density at radius 1 is 1.43 bits per heavy atom. The average molecular weight is 189 g/mol. The summed E-state index contributed by atoms with van der Waals surface area (Å²) < 4.78 is 4.97. The highest BCUT2D eigenvalue weighted by atomic mass is 16.3. The Kier molecular flexibility index (Phi) is 2.44. The number of nitrogens with one attached hydrogen (secondary N) is 1. The summed E-state index contributed by atoms with van der Waals surface area (Å²) in [6.45, 7) is 2.88. The van der Waals surface area contributed by atoms with Gasteiger partial charge in [0.15, 0.2) is 5.82 Å². The zero-order chi connectivity index (χ0) is 9.80. The number of hydrogen-bond acceptors (Lipinski definition) is 4.